The van der Waals surface area contributed by atoms with E-state index in [1.54, 1.807) is 0 Å². The Bertz CT molecular complexity index is 239. The van der Waals surface area contributed by atoms with Crippen molar-refractivity contribution in [2.24, 2.45) is 5.41 Å². The zero-order chi connectivity index (χ0) is 13.7. The normalized spacial score (nSPS) is 14.5. The molecule has 0 aromatic heterocycles. The Morgan fingerprint density at radius 1 is 1.18 bits per heavy atom. The molecule has 4 heteroatoms. The molecule has 0 spiro atoms. The number of hydrogen-bond acceptors (Lipinski definition) is 3. The molecular formula is C13H28N2O2. The van der Waals surface area contributed by atoms with E-state index in [4.69, 9.17) is 0 Å². The average molecular weight is 244 g/mol. The molecule has 4 nitrogen and oxygen atoms in total. The number of carbonyl (C=O) groups is 1. The molecule has 102 valence electrons. The molecule has 0 saturated carbocycles. The lowest BCUT2D eigenvalue weighted by Gasteiger charge is -2.23. The molecule has 0 rings (SSSR count). The number of aliphatic hydroxyl groups is 1. The molecule has 0 aromatic rings. The average Bonchev–Trinajstić information content (AvgIpc) is 2.07. The monoisotopic (exact) mass is 244 g/mol. The van der Waals surface area contributed by atoms with Crippen molar-refractivity contribution in [3.63, 3.8) is 0 Å². The molecule has 1 amide bonds. The lowest BCUT2D eigenvalue weighted by Crippen LogP contribution is -2.45. The van der Waals surface area contributed by atoms with E-state index in [0.717, 1.165) is 0 Å². The molecule has 1 atom stereocenters. The second-order valence-electron chi connectivity index (χ2n) is 6.83. The number of rotatable bonds is 5. The Morgan fingerprint density at radius 2 is 1.71 bits per heavy atom. The van der Waals surface area contributed by atoms with E-state index in [2.05, 4.69) is 31.4 Å². The van der Waals surface area contributed by atoms with Crippen molar-refractivity contribution in [3.05, 3.63) is 0 Å². The SMILES string of the molecule is CC(C)(C)CC(O)CNC(=O)CNC(C)(C)C. The highest BCUT2D eigenvalue weighted by molar-refractivity contribution is 5.78. The van der Waals surface area contributed by atoms with Crippen molar-refractivity contribution < 1.29 is 9.90 Å². The van der Waals surface area contributed by atoms with E-state index in [-0.39, 0.29) is 23.4 Å². The predicted octanol–water partition coefficient (Wildman–Crippen LogP) is 1.29. The van der Waals surface area contributed by atoms with Gasteiger partial charge in [-0.25, -0.2) is 0 Å². The van der Waals surface area contributed by atoms with Gasteiger partial charge >= 0.3 is 0 Å². The molecule has 17 heavy (non-hydrogen) atoms. The molecule has 0 aliphatic heterocycles. The van der Waals surface area contributed by atoms with Gasteiger partial charge in [0.15, 0.2) is 0 Å². The molecule has 0 fully saturated rings. The largest absolute Gasteiger partial charge is 0.391 e. The van der Waals surface area contributed by atoms with Gasteiger partial charge in [-0.2, -0.15) is 0 Å². The standard InChI is InChI=1S/C13H28N2O2/c1-12(2,3)7-10(16)8-14-11(17)9-15-13(4,5)6/h10,15-16H,7-9H2,1-6H3,(H,14,17). The zero-order valence-corrected chi connectivity index (χ0v) is 12.1. The molecule has 0 aliphatic rings. The first-order chi connectivity index (χ1) is 7.49. The van der Waals surface area contributed by atoms with Gasteiger partial charge < -0.3 is 15.7 Å². The molecule has 3 N–H and O–H groups in total. The van der Waals surface area contributed by atoms with Crippen LogP contribution in [0.15, 0.2) is 0 Å². The second-order valence-corrected chi connectivity index (χ2v) is 6.83. The fourth-order valence-electron chi connectivity index (χ4n) is 1.42. The van der Waals surface area contributed by atoms with Crippen LogP contribution in [0.3, 0.4) is 0 Å². The Labute approximate surface area is 105 Å². The molecule has 0 bridgehead atoms. The highest BCUT2D eigenvalue weighted by atomic mass is 16.3. The maximum Gasteiger partial charge on any atom is 0.234 e. The summed E-state index contributed by atoms with van der Waals surface area (Å²) < 4.78 is 0. The predicted molar refractivity (Wildman–Crippen MR) is 70.8 cm³/mol. The third-order valence-electron chi connectivity index (χ3n) is 2.16. The number of hydrogen-bond donors (Lipinski definition) is 3. The summed E-state index contributed by atoms with van der Waals surface area (Å²) in [4.78, 5) is 11.5. The number of aliphatic hydroxyl groups excluding tert-OH is 1. The van der Waals surface area contributed by atoms with Crippen LogP contribution < -0.4 is 10.6 Å². The fraction of sp³-hybridized carbons (Fsp3) is 0.923. The van der Waals surface area contributed by atoms with E-state index in [1.807, 2.05) is 20.8 Å². The van der Waals surface area contributed by atoms with Gasteiger partial charge in [0.05, 0.1) is 12.6 Å². The lowest BCUT2D eigenvalue weighted by atomic mass is 9.89. The third-order valence-corrected chi connectivity index (χ3v) is 2.16. The highest BCUT2D eigenvalue weighted by Gasteiger charge is 2.17. The molecule has 0 heterocycles. The summed E-state index contributed by atoms with van der Waals surface area (Å²) in [5.74, 6) is -0.0760. The summed E-state index contributed by atoms with van der Waals surface area (Å²) in [6, 6.07) is 0. The van der Waals surface area contributed by atoms with Gasteiger partial charge in [0, 0.05) is 12.1 Å². The maximum absolute atomic E-state index is 11.5. The van der Waals surface area contributed by atoms with Crippen molar-refractivity contribution in [1.29, 1.82) is 0 Å². The Morgan fingerprint density at radius 3 is 2.12 bits per heavy atom. The minimum Gasteiger partial charge on any atom is -0.391 e. The molecule has 0 radical (unpaired) electrons. The van der Waals surface area contributed by atoms with Gasteiger partial charge in [-0.05, 0) is 32.6 Å². The summed E-state index contributed by atoms with van der Waals surface area (Å²) in [6.45, 7) is 12.8. The van der Waals surface area contributed by atoms with Crippen LogP contribution in [0.1, 0.15) is 48.0 Å². The Hall–Kier alpha value is -0.610. The Balaban J connectivity index is 3.78. The third kappa shape index (κ3) is 11.6. The number of amides is 1. The number of carbonyl (C=O) groups excluding carboxylic acids is 1. The van der Waals surface area contributed by atoms with Crippen LogP contribution in [-0.2, 0) is 4.79 Å². The quantitative estimate of drug-likeness (QED) is 0.683. The fourth-order valence-corrected chi connectivity index (χ4v) is 1.42. The Kier molecular flexibility index (Phi) is 6.13. The summed E-state index contributed by atoms with van der Waals surface area (Å²) in [6.07, 6.45) is 0.202. The smallest absolute Gasteiger partial charge is 0.234 e. The molecule has 1 unspecified atom stereocenters. The van der Waals surface area contributed by atoms with Crippen LogP contribution in [0.25, 0.3) is 0 Å². The van der Waals surface area contributed by atoms with Gasteiger partial charge in [0.2, 0.25) is 5.91 Å². The molecule has 0 aromatic carbocycles. The molecular weight excluding hydrogens is 216 g/mol. The minimum absolute atomic E-state index is 0.0681. The van der Waals surface area contributed by atoms with Gasteiger partial charge in [-0.1, -0.05) is 20.8 Å². The van der Waals surface area contributed by atoms with Crippen LogP contribution >= 0.6 is 0 Å². The van der Waals surface area contributed by atoms with Crippen molar-refractivity contribution in [3.8, 4) is 0 Å². The van der Waals surface area contributed by atoms with E-state index >= 15 is 0 Å². The zero-order valence-electron chi connectivity index (χ0n) is 12.1. The van der Waals surface area contributed by atoms with Crippen LogP contribution in [0.4, 0.5) is 0 Å². The molecule has 0 aliphatic carbocycles. The summed E-state index contributed by atoms with van der Waals surface area (Å²) in [5, 5.41) is 15.6. The van der Waals surface area contributed by atoms with Gasteiger partial charge in [0.25, 0.3) is 0 Å². The number of nitrogens with one attached hydrogen (secondary N) is 2. The van der Waals surface area contributed by atoms with Crippen molar-refractivity contribution in [2.75, 3.05) is 13.1 Å². The van der Waals surface area contributed by atoms with Crippen molar-refractivity contribution >= 4 is 5.91 Å². The van der Waals surface area contributed by atoms with Crippen LogP contribution in [0, 0.1) is 5.41 Å². The topological polar surface area (TPSA) is 61.4 Å². The van der Waals surface area contributed by atoms with Crippen LogP contribution in [-0.4, -0.2) is 35.7 Å². The van der Waals surface area contributed by atoms with Crippen molar-refractivity contribution in [2.45, 2.75) is 59.6 Å². The van der Waals surface area contributed by atoms with E-state index in [0.29, 0.717) is 13.0 Å². The highest BCUT2D eigenvalue weighted by Crippen LogP contribution is 2.20. The van der Waals surface area contributed by atoms with Crippen molar-refractivity contribution in [1.82, 2.24) is 10.6 Å². The first-order valence-corrected chi connectivity index (χ1v) is 6.19. The second kappa shape index (κ2) is 6.36. The van der Waals surface area contributed by atoms with E-state index < -0.39 is 6.10 Å². The molecule has 0 saturated heterocycles. The van der Waals surface area contributed by atoms with Gasteiger partial charge in [-0.15, -0.1) is 0 Å². The van der Waals surface area contributed by atoms with Crippen LogP contribution in [0.5, 0.6) is 0 Å². The first kappa shape index (κ1) is 16.4. The first-order valence-electron chi connectivity index (χ1n) is 6.19. The summed E-state index contributed by atoms with van der Waals surface area (Å²) in [5.41, 5.74) is 0.00910. The maximum atomic E-state index is 11.5. The minimum atomic E-state index is -0.478. The van der Waals surface area contributed by atoms with E-state index in [1.165, 1.54) is 0 Å². The van der Waals surface area contributed by atoms with Crippen LogP contribution in [0.2, 0.25) is 0 Å². The van der Waals surface area contributed by atoms with Gasteiger partial charge in [-0.3, -0.25) is 4.79 Å². The summed E-state index contributed by atoms with van der Waals surface area (Å²) >= 11 is 0. The van der Waals surface area contributed by atoms with Gasteiger partial charge in [0.1, 0.15) is 0 Å². The summed E-state index contributed by atoms with van der Waals surface area (Å²) in [7, 11) is 0. The van der Waals surface area contributed by atoms with E-state index in [9.17, 15) is 9.90 Å². The lowest BCUT2D eigenvalue weighted by molar-refractivity contribution is -0.121.